The lowest BCUT2D eigenvalue weighted by Gasteiger charge is -2.14. The SMILES string of the molecule is CCn1c(=O)cc(C(F)(F)F)c2ccc(N)cc21. The Bertz CT molecular complexity index is 659. The third-order valence-corrected chi connectivity index (χ3v) is 2.76. The van der Waals surface area contributed by atoms with Gasteiger partial charge in [-0.05, 0) is 19.1 Å². The summed E-state index contributed by atoms with van der Waals surface area (Å²) in [6.07, 6.45) is -4.56. The second kappa shape index (κ2) is 4.04. The van der Waals surface area contributed by atoms with Crippen LogP contribution in [0, 0.1) is 0 Å². The van der Waals surface area contributed by atoms with Gasteiger partial charge in [0, 0.05) is 23.7 Å². The van der Waals surface area contributed by atoms with Gasteiger partial charge in [-0.1, -0.05) is 6.07 Å². The first-order chi connectivity index (χ1) is 8.34. The molecule has 0 saturated heterocycles. The molecule has 18 heavy (non-hydrogen) atoms. The van der Waals surface area contributed by atoms with E-state index in [1.165, 1.54) is 22.8 Å². The second-order valence-corrected chi connectivity index (χ2v) is 3.91. The van der Waals surface area contributed by atoms with Crippen molar-refractivity contribution in [1.82, 2.24) is 4.57 Å². The zero-order chi connectivity index (χ0) is 13.5. The van der Waals surface area contributed by atoms with E-state index in [-0.39, 0.29) is 17.4 Å². The van der Waals surface area contributed by atoms with Crippen molar-refractivity contribution < 1.29 is 13.2 Å². The van der Waals surface area contributed by atoms with Crippen molar-refractivity contribution in [3.63, 3.8) is 0 Å². The van der Waals surface area contributed by atoms with Crippen LogP contribution < -0.4 is 11.3 Å². The summed E-state index contributed by atoms with van der Waals surface area (Å²) >= 11 is 0. The molecule has 3 nitrogen and oxygen atoms in total. The van der Waals surface area contributed by atoms with Crippen molar-refractivity contribution in [2.75, 3.05) is 5.73 Å². The van der Waals surface area contributed by atoms with E-state index in [2.05, 4.69) is 0 Å². The van der Waals surface area contributed by atoms with Crippen LogP contribution in [0.1, 0.15) is 12.5 Å². The summed E-state index contributed by atoms with van der Waals surface area (Å²) in [5.41, 5.74) is 4.49. The Kier molecular flexibility index (Phi) is 2.80. The smallest absolute Gasteiger partial charge is 0.399 e. The number of pyridine rings is 1. The van der Waals surface area contributed by atoms with Crippen molar-refractivity contribution in [2.24, 2.45) is 0 Å². The molecule has 6 heteroatoms. The molecule has 0 saturated carbocycles. The van der Waals surface area contributed by atoms with Crippen LogP contribution in [-0.2, 0) is 12.7 Å². The van der Waals surface area contributed by atoms with Crippen LogP contribution in [0.4, 0.5) is 18.9 Å². The fraction of sp³-hybridized carbons (Fsp3) is 0.250. The van der Waals surface area contributed by atoms with E-state index >= 15 is 0 Å². The molecule has 0 atom stereocenters. The topological polar surface area (TPSA) is 48.0 Å². The minimum atomic E-state index is -4.56. The minimum absolute atomic E-state index is 0.0156. The highest BCUT2D eigenvalue weighted by atomic mass is 19.4. The number of halogens is 3. The minimum Gasteiger partial charge on any atom is -0.399 e. The van der Waals surface area contributed by atoms with E-state index in [0.717, 1.165) is 0 Å². The molecule has 1 aromatic heterocycles. The number of rotatable bonds is 1. The maximum atomic E-state index is 12.9. The molecule has 0 bridgehead atoms. The molecule has 1 aromatic carbocycles. The Balaban J connectivity index is 2.97. The number of aromatic nitrogens is 1. The fourth-order valence-electron chi connectivity index (χ4n) is 1.96. The van der Waals surface area contributed by atoms with Crippen LogP contribution in [-0.4, -0.2) is 4.57 Å². The molecular formula is C12H11F3N2O. The van der Waals surface area contributed by atoms with Crippen LogP contribution in [0.5, 0.6) is 0 Å². The number of hydrogen-bond donors (Lipinski definition) is 1. The molecule has 2 aromatic rings. The number of nitrogens with two attached hydrogens (primary N) is 1. The average molecular weight is 256 g/mol. The largest absolute Gasteiger partial charge is 0.417 e. The van der Waals surface area contributed by atoms with Gasteiger partial charge in [0.25, 0.3) is 5.56 Å². The third-order valence-electron chi connectivity index (χ3n) is 2.76. The fourth-order valence-corrected chi connectivity index (χ4v) is 1.96. The molecule has 2 rings (SSSR count). The van der Waals surface area contributed by atoms with Crippen molar-refractivity contribution in [3.05, 3.63) is 40.2 Å². The van der Waals surface area contributed by atoms with E-state index in [4.69, 9.17) is 5.73 Å². The molecule has 0 unspecified atom stereocenters. The predicted octanol–water partition coefficient (Wildman–Crippen LogP) is 2.62. The highest BCUT2D eigenvalue weighted by Crippen LogP contribution is 2.34. The number of nitrogens with zero attached hydrogens (tertiary/aromatic N) is 1. The number of benzene rings is 1. The lowest BCUT2D eigenvalue weighted by atomic mass is 10.1. The van der Waals surface area contributed by atoms with Gasteiger partial charge in [-0.15, -0.1) is 0 Å². The van der Waals surface area contributed by atoms with Crippen LogP contribution in [0.25, 0.3) is 10.9 Å². The zero-order valence-corrected chi connectivity index (χ0v) is 9.58. The Morgan fingerprint density at radius 1 is 1.28 bits per heavy atom. The van der Waals surface area contributed by atoms with Gasteiger partial charge >= 0.3 is 6.18 Å². The van der Waals surface area contributed by atoms with Gasteiger partial charge in [-0.2, -0.15) is 13.2 Å². The lowest BCUT2D eigenvalue weighted by Crippen LogP contribution is -2.22. The van der Waals surface area contributed by atoms with Crippen LogP contribution >= 0.6 is 0 Å². The van der Waals surface area contributed by atoms with Gasteiger partial charge < -0.3 is 10.3 Å². The van der Waals surface area contributed by atoms with Gasteiger partial charge in [-0.25, -0.2) is 0 Å². The standard InChI is InChI=1S/C12H11F3N2O/c1-2-17-10-5-7(16)3-4-8(10)9(6-11(17)18)12(13,14)15/h3-6H,2,16H2,1H3. The summed E-state index contributed by atoms with van der Waals surface area (Å²) in [6, 6.07) is 4.69. The molecule has 0 amide bonds. The number of aryl methyl sites for hydroxylation is 1. The van der Waals surface area contributed by atoms with Gasteiger partial charge in [0.2, 0.25) is 0 Å². The molecule has 2 N–H and O–H groups in total. The Morgan fingerprint density at radius 2 is 1.94 bits per heavy atom. The average Bonchev–Trinajstić information content (AvgIpc) is 2.26. The van der Waals surface area contributed by atoms with Crippen LogP contribution in [0.2, 0.25) is 0 Å². The number of fused-ring (bicyclic) bond motifs is 1. The number of hydrogen-bond acceptors (Lipinski definition) is 2. The molecule has 0 spiro atoms. The highest BCUT2D eigenvalue weighted by Gasteiger charge is 2.33. The molecule has 1 heterocycles. The van der Waals surface area contributed by atoms with Gasteiger partial charge in [0.1, 0.15) is 0 Å². The first kappa shape index (κ1) is 12.5. The summed E-state index contributed by atoms with van der Waals surface area (Å²) in [5, 5.41) is -0.0156. The quantitative estimate of drug-likeness (QED) is 0.797. The van der Waals surface area contributed by atoms with Crippen molar-refractivity contribution in [3.8, 4) is 0 Å². The van der Waals surface area contributed by atoms with Crippen molar-refractivity contribution in [1.29, 1.82) is 0 Å². The molecule has 0 aliphatic heterocycles. The molecule has 0 aliphatic rings. The maximum absolute atomic E-state index is 12.9. The third kappa shape index (κ3) is 1.94. The number of nitrogen functional groups attached to an aromatic ring is 1. The predicted molar refractivity (Wildman–Crippen MR) is 63.3 cm³/mol. The number of alkyl halides is 3. The summed E-state index contributed by atoms with van der Waals surface area (Å²) in [6.45, 7) is 1.98. The Morgan fingerprint density at radius 3 is 2.50 bits per heavy atom. The first-order valence-electron chi connectivity index (χ1n) is 5.35. The van der Waals surface area contributed by atoms with E-state index in [0.29, 0.717) is 11.8 Å². The van der Waals surface area contributed by atoms with Crippen LogP contribution in [0.15, 0.2) is 29.1 Å². The molecule has 0 fully saturated rings. The van der Waals surface area contributed by atoms with Gasteiger partial charge in [0.05, 0.1) is 11.1 Å². The summed E-state index contributed by atoms with van der Waals surface area (Å²) in [5.74, 6) is 0. The van der Waals surface area contributed by atoms with Crippen LogP contribution in [0.3, 0.4) is 0 Å². The van der Waals surface area contributed by atoms with Gasteiger partial charge in [0.15, 0.2) is 0 Å². The summed E-state index contributed by atoms with van der Waals surface area (Å²) < 4.78 is 39.8. The zero-order valence-electron chi connectivity index (χ0n) is 9.58. The van der Waals surface area contributed by atoms with Gasteiger partial charge in [-0.3, -0.25) is 4.79 Å². The summed E-state index contributed by atoms with van der Waals surface area (Å²) in [4.78, 5) is 11.7. The highest BCUT2D eigenvalue weighted by molar-refractivity contribution is 5.85. The maximum Gasteiger partial charge on any atom is 0.417 e. The molecule has 0 radical (unpaired) electrons. The second-order valence-electron chi connectivity index (χ2n) is 3.91. The van der Waals surface area contributed by atoms with E-state index in [1.54, 1.807) is 6.92 Å². The number of anilines is 1. The van der Waals surface area contributed by atoms with E-state index in [9.17, 15) is 18.0 Å². The van der Waals surface area contributed by atoms with Crippen molar-refractivity contribution in [2.45, 2.75) is 19.6 Å². The lowest BCUT2D eigenvalue weighted by molar-refractivity contribution is -0.136. The Hall–Kier alpha value is -1.98. The molecule has 0 aliphatic carbocycles. The monoisotopic (exact) mass is 256 g/mol. The normalized spacial score (nSPS) is 12.0. The van der Waals surface area contributed by atoms with E-state index < -0.39 is 17.3 Å². The summed E-state index contributed by atoms with van der Waals surface area (Å²) in [7, 11) is 0. The molecule has 96 valence electrons. The van der Waals surface area contributed by atoms with E-state index in [1.807, 2.05) is 0 Å². The molecular weight excluding hydrogens is 245 g/mol. The van der Waals surface area contributed by atoms with Crippen molar-refractivity contribution >= 4 is 16.6 Å². The Labute approximate surface area is 101 Å². The first-order valence-corrected chi connectivity index (χ1v) is 5.35.